The Morgan fingerprint density at radius 2 is 1.60 bits per heavy atom. The van der Waals surface area contributed by atoms with Gasteiger partial charge in [-0.2, -0.15) is 0 Å². The molecule has 4 heteroatoms. The summed E-state index contributed by atoms with van der Waals surface area (Å²) in [5, 5.41) is 0. The Kier molecular flexibility index (Phi) is 1.21. The average molecular weight is 101 g/mol. The third-order valence-corrected chi connectivity index (χ3v) is 0. The van der Waals surface area contributed by atoms with Crippen molar-refractivity contribution in [2.24, 2.45) is 5.50 Å². The van der Waals surface area contributed by atoms with Crippen LogP contribution < -0.4 is 5.50 Å². The molecule has 0 heterocycles. The van der Waals surface area contributed by atoms with E-state index in [2.05, 4.69) is 5.50 Å². The second kappa shape index (κ2) is 1.15. The third-order valence-electron chi connectivity index (χ3n) is 0. The van der Waals surface area contributed by atoms with Gasteiger partial charge in [-0.1, -0.05) is 0 Å². The van der Waals surface area contributed by atoms with Crippen LogP contribution in [0.3, 0.4) is 0 Å². The van der Waals surface area contributed by atoms with E-state index in [0.717, 1.165) is 6.66 Å². The molecule has 0 atom stereocenters. The van der Waals surface area contributed by atoms with Crippen molar-refractivity contribution in [2.75, 3.05) is 6.66 Å². The molecule has 1 nitrogen and oxygen atoms in total. The number of nitrogens with two attached hydrogens (primary N) is 1. The summed E-state index contributed by atoms with van der Waals surface area (Å²) in [6.45, 7) is 0.771. The summed E-state index contributed by atoms with van der Waals surface area (Å²) in [6, 6.07) is 0. The zero-order chi connectivity index (χ0) is 4.50. The van der Waals surface area contributed by atoms with Crippen LogP contribution in [-0.2, 0) is 0 Å². The van der Waals surface area contributed by atoms with E-state index in [4.69, 9.17) is 0 Å². The summed E-state index contributed by atoms with van der Waals surface area (Å²) >= 11 is 0. The molecule has 34 valence electrons. The molecular weight excluding hydrogens is 95.0 g/mol. The fraction of sp³-hybridized carbons (Fsp3) is 1.00. The Balaban J connectivity index is 3.02. The predicted octanol–water partition coefficient (Wildman–Crippen LogP) is 1.01. The number of hydrogen-bond acceptors (Lipinski definition) is 1. The summed E-state index contributed by atoms with van der Waals surface area (Å²) in [4.78, 5) is 0. The predicted molar refractivity (Wildman–Crippen MR) is 20.6 cm³/mol. The van der Waals surface area contributed by atoms with E-state index >= 15 is 0 Å². The van der Waals surface area contributed by atoms with Crippen molar-refractivity contribution in [1.29, 1.82) is 0 Å². The second-order valence-corrected chi connectivity index (χ2v) is 2.87. The first kappa shape index (κ1) is 5.25. The van der Waals surface area contributed by atoms with E-state index in [9.17, 15) is 8.39 Å². The molecule has 0 spiro atoms. The number of rotatable bonds is 0. The van der Waals surface area contributed by atoms with Crippen LogP contribution in [0.25, 0.3) is 0 Å². The summed E-state index contributed by atoms with van der Waals surface area (Å²) in [5.41, 5.74) is 4.16. The second-order valence-electron chi connectivity index (χ2n) is 0.956. The van der Waals surface area contributed by atoms with Gasteiger partial charge in [0.2, 0.25) is 0 Å². The van der Waals surface area contributed by atoms with Gasteiger partial charge in [-0.3, -0.25) is 0 Å². The van der Waals surface area contributed by atoms with Crippen LogP contribution in [0.1, 0.15) is 0 Å². The average Bonchev–Trinajstić information content (AvgIpc) is 0.722. The molecule has 0 rings (SSSR count). The quantitative estimate of drug-likeness (QED) is 0.453. The molecule has 0 bridgehead atoms. The van der Waals surface area contributed by atoms with Gasteiger partial charge in [-0.25, -0.2) is 0 Å². The Hall–Kier alpha value is 0.250. The van der Waals surface area contributed by atoms with Crippen LogP contribution in [0, 0.1) is 0 Å². The fourth-order valence-corrected chi connectivity index (χ4v) is 0. The summed E-state index contributed by atoms with van der Waals surface area (Å²) in [7, 11) is -4.11. The molecule has 0 saturated carbocycles. The summed E-state index contributed by atoms with van der Waals surface area (Å²) in [6.07, 6.45) is 0. The summed E-state index contributed by atoms with van der Waals surface area (Å²) < 4.78 is 21.9. The van der Waals surface area contributed by atoms with Crippen LogP contribution >= 0.6 is 8.03 Å². The van der Waals surface area contributed by atoms with Crippen LogP contribution in [0.5, 0.6) is 0 Å². The first-order valence-corrected chi connectivity index (χ1v) is 3.50. The van der Waals surface area contributed by atoms with Gasteiger partial charge in [0.25, 0.3) is 0 Å². The van der Waals surface area contributed by atoms with Crippen molar-refractivity contribution in [3.8, 4) is 0 Å². The molecule has 0 fully saturated rings. The van der Waals surface area contributed by atoms with Gasteiger partial charge in [-0.05, 0) is 0 Å². The van der Waals surface area contributed by atoms with Crippen molar-refractivity contribution < 1.29 is 8.39 Å². The zero-order valence-electron chi connectivity index (χ0n) is 2.83. The van der Waals surface area contributed by atoms with Crippen molar-refractivity contribution in [1.82, 2.24) is 0 Å². The molecule has 2 N–H and O–H groups in total. The standard InChI is InChI=1S/CH6F2NP/c1-5(2,3)4/h5H,4H2,1H3. The molecule has 0 unspecified atom stereocenters. The maximum atomic E-state index is 10.9. The van der Waals surface area contributed by atoms with E-state index in [1.165, 1.54) is 0 Å². The zero-order valence-corrected chi connectivity index (χ0v) is 3.83. The van der Waals surface area contributed by atoms with Crippen LogP contribution in [0.2, 0.25) is 0 Å². The van der Waals surface area contributed by atoms with Gasteiger partial charge in [0.05, 0.1) is 0 Å². The SMILES string of the molecule is C[PH](N)(F)F. The van der Waals surface area contributed by atoms with Gasteiger partial charge in [-0.15, -0.1) is 0 Å². The molecular formula is CH6F2NP. The Labute approximate surface area is 29.8 Å². The first-order chi connectivity index (χ1) is 2.00. The monoisotopic (exact) mass is 101 g/mol. The van der Waals surface area contributed by atoms with Crippen LogP contribution in [0.15, 0.2) is 0 Å². The normalized spacial score (nSPS) is 15.2. The molecule has 0 aliphatic heterocycles. The molecule has 5 heavy (non-hydrogen) atoms. The van der Waals surface area contributed by atoms with Gasteiger partial charge in [0.1, 0.15) is 0 Å². The molecule has 0 radical (unpaired) electrons. The van der Waals surface area contributed by atoms with Gasteiger partial charge in [0.15, 0.2) is 0 Å². The van der Waals surface area contributed by atoms with Gasteiger partial charge >= 0.3 is 28.6 Å². The van der Waals surface area contributed by atoms with Gasteiger partial charge < -0.3 is 0 Å². The molecule has 0 aromatic carbocycles. The molecule has 0 aliphatic rings. The minimum absolute atomic E-state index is 0.771. The fourth-order valence-electron chi connectivity index (χ4n) is 0. The molecule has 0 saturated heterocycles. The van der Waals surface area contributed by atoms with Crippen molar-refractivity contribution in [3.63, 3.8) is 0 Å². The minimum atomic E-state index is -4.11. The van der Waals surface area contributed by atoms with E-state index in [1.807, 2.05) is 0 Å². The van der Waals surface area contributed by atoms with Crippen LogP contribution in [0.4, 0.5) is 8.39 Å². The van der Waals surface area contributed by atoms with E-state index in [-0.39, 0.29) is 0 Å². The summed E-state index contributed by atoms with van der Waals surface area (Å²) in [5.74, 6) is 0. The molecule has 0 amide bonds. The topological polar surface area (TPSA) is 26.0 Å². The Morgan fingerprint density at radius 1 is 1.60 bits per heavy atom. The maximum absolute atomic E-state index is 10.9. The number of hydrogen-bond donors (Lipinski definition) is 1. The van der Waals surface area contributed by atoms with E-state index in [1.54, 1.807) is 0 Å². The Bertz CT molecular complexity index is 25.1. The molecule has 0 aliphatic carbocycles. The molecule has 0 aromatic heterocycles. The first-order valence-electron chi connectivity index (χ1n) is 1.17. The van der Waals surface area contributed by atoms with Gasteiger partial charge in [0, 0.05) is 0 Å². The van der Waals surface area contributed by atoms with Crippen molar-refractivity contribution >= 4 is 8.03 Å². The van der Waals surface area contributed by atoms with Crippen molar-refractivity contribution in [3.05, 3.63) is 0 Å². The Morgan fingerprint density at radius 3 is 1.60 bits per heavy atom. The van der Waals surface area contributed by atoms with E-state index in [0.29, 0.717) is 0 Å². The van der Waals surface area contributed by atoms with E-state index < -0.39 is 8.03 Å². The third kappa shape index (κ3) is 344. The number of halogens is 2. The van der Waals surface area contributed by atoms with Crippen molar-refractivity contribution in [2.45, 2.75) is 0 Å². The van der Waals surface area contributed by atoms with Crippen LogP contribution in [-0.4, -0.2) is 6.66 Å². The molecule has 0 aromatic rings.